The molecule has 31 heavy (non-hydrogen) atoms. The van der Waals surface area contributed by atoms with Crippen LogP contribution in [0.25, 0.3) is 5.70 Å². The van der Waals surface area contributed by atoms with Gasteiger partial charge in [0.25, 0.3) is 6.43 Å². The highest BCUT2D eigenvalue weighted by atomic mass is 19.3. The van der Waals surface area contributed by atoms with E-state index in [4.69, 9.17) is 16.6 Å². The van der Waals surface area contributed by atoms with Crippen molar-refractivity contribution in [2.24, 2.45) is 34.6 Å². The molecule has 2 aliphatic carbocycles. The molecule has 5 N–H and O–H groups in total. The number of carbonyl (C=O) groups is 1. The molecule has 5 nitrogen and oxygen atoms in total. The number of fused-ring (bicyclic) bond motifs is 1. The Labute approximate surface area is 178 Å². The average Bonchev–Trinajstić information content (AvgIpc) is 3.23. The van der Waals surface area contributed by atoms with Crippen molar-refractivity contribution in [3.8, 4) is 0 Å². The zero-order valence-electron chi connectivity index (χ0n) is 17.4. The van der Waals surface area contributed by atoms with Gasteiger partial charge in [0.05, 0.1) is 12.1 Å². The Balaban J connectivity index is 1.97. The summed E-state index contributed by atoms with van der Waals surface area (Å²) in [6.07, 6.45) is -0.800. The summed E-state index contributed by atoms with van der Waals surface area (Å²) >= 11 is 0. The van der Waals surface area contributed by atoms with Gasteiger partial charge in [0.15, 0.2) is 0 Å². The van der Waals surface area contributed by atoms with Crippen LogP contribution >= 0.6 is 0 Å². The van der Waals surface area contributed by atoms with Crippen LogP contribution in [-0.4, -0.2) is 42.0 Å². The number of rotatable bonds is 7. The van der Waals surface area contributed by atoms with Crippen LogP contribution in [0.1, 0.15) is 25.8 Å². The number of nitrogens with zero attached hydrogens (tertiary/aromatic N) is 1. The minimum Gasteiger partial charge on any atom is -0.402 e. The van der Waals surface area contributed by atoms with Crippen LogP contribution in [0, 0.1) is 34.8 Å². The Hall–Kier alpha value is -2.55. The van der Waals surface area contributed by atoms with Crippen LogP contribution in [0.2, 0.25) is 0 Å². The lowest BCUT2D eigenvalue weighted by molar-refractivity contribution is -0.136. The molecule has 1 amide bonds. The normalized spacial score (nSPS) is 24.9. The molecule has 9 heteroatoms. The van der Waals surface area contributed by atoms with Gasteiger partial charge < -0.3 is 21.5 Å². The van der Waals surface area contributed by atoms with Crippen molar-refractivity contribution >= 4 is 11.6 Å². The van der Waals surface area contributed by atoms with E-state index in [0.717, 1.165) is 17.0 Å². The zero-order valence-corrected chi connectivity index (χ0v) is 17.4. The van der Waals surface area contributed by atoms with Crippen LogP contribution in [0.3, 0.4) is 0 Å². The summed E-state index contributed by atoms with van der Waals surface area (Å²) < 4.78 is 54.2. The van der Waals surface area contributed by atoms with Gasteiger partial charge in [0.2, 0.25) is 5.91 Å². The third-order valence-electron chi connectivity index (χ3n) is 6.63. The first-order valence-corrected chi connectivity index (χ1v) is 10.1. The first kappa shape index (κ1) is 23.1. The van der Waals surface area contributed by atoms with E-state index >= 15 is 0 Å². The molecule has 3 rings (SSSR count). The molecule has 0 saturated heterocycles. The van der Waals surface area contributed by atoms with Crippen molar-refractivity contribution in [2.45, 2.75) is 26.7 Å². The minimum absolute atomic E-state index is 0.0581. The van der Waals surface area contributed by atoms with E-state index in [1.54, 1.807) is 0 Å². The van der Waals surface area contributed by atoms with E-state index in [-0.39, 0.29) is 35.1 Å². The first-order valence-electron chi connectivity index (χ1n) is 10.1. The van der Waals surface area contributed by atoms with Crippen molar-refractivity contribution in [1.29, 1.82) is 0 Å². The second kappa shape index (κ2) is 8.53. The number of halogens is 4. The maximum atomic E-state index is 14.1. The van der Waals surface area contributed by atoms with Gasteiger partial charge in [-0.3, -0.25) is 4.79 Å². The summed E-state index contributed by atoms with van der Waals surface area (Å²) in [6, 6.07) is 3.44. The van der Waals surface area contributed by atoms with Gasteiger partial charge in [-0.2, -0.15) is 0 Å². The molecule has 1 saturated carbocycles. The van der Waals surface area contributed by atoms with E-state index in [1.165, 1.54) is 12.1 Å². The number of hydrogen-bond donors (Lipinski definition) is 3. The number of nitrogens with two attached hydrogens (primary N) is 2. The number of aliphatic hydroxyl groups excluding tert-OH is 1. The smallest absolute Gasteiger partial charge is 0.255 e. The van der Waals surface area contributed by atoms with E-state index in [9.17, 15) is 22.4 Å². The third-order valence-corrected chi connectivity index (χ3v) is 6.63. The number of allylic oxidation sites excluding steroid dienone is 2. The highest BCUT2D eigenvalue weighted by molar-refractivity contribution is 5.77. The number of hydrogen-bond acceptors (Lipinski definition) is 4. The van der Waals surface area contributed by atoms with Crippen molar-refractivity contribution in [3.05, 3.63) is 52.7 Å². The maximum absolute atomic E-state index is 14.1. The lowest BCUT2D eigenvalue weighted by Gasteiger charge is -2.31. The molecule has 0 radical (unpaired) electrons. The first-order chi connectivity index (χ1) is 14.5. The number of aliphatic hydroxyl groups is 1. The zero-order chi connectivity index (χ0) is 23.1. The molecule has 2 aliphatic rings. The number of carbonyl (C=O) groups excluding carboxylic acids is 1. The minimum atomic E-state index is -2.76. The molecule has 0 heterocycles. The Morgan fingerprint density at radius 3 is 2.48 bits per heavy atom. The van der Waals surface area contributed by atoms with Gasteiger partial charge >= 0.3 is 0 Å². The molecule has 1 aromatic carbocycles. The fourth-order valence-electron chi connectivity index (χ4n) is 4.93. The quantitative estimate of drug-likeness (QED) is 0.568. The second-order valence-electron chi connectivity index (χ2n) is 8.79. The van der Waals surface area contributed by atoms with Crippen LogP contribution in [0.15, 0.2) is 35.5 Å². The molecule has 0 bridgehead atoms. The van der Waals surface area contributed by atoms with E-state index in [1.807, 2.05) is 13.8 Å². The molecule has 0 spiro atoms. The fourth-order valence-corrected chi connectivity index (χ4v) is 4.93. The van der Waals surface area contributed by atoms with Gasteiger partial charge in [0, 0.05) is 23.9 Å². The molecule has 1 fully saturated rings. The lowest BCUT2D eigenvalue weighted by Crippen LogP contribution is -2.43. The molecule has 1 aromatic rings. The second-order valence-corrected chi connectivity index (χ2v) is 8.79. The van der Waals surface area contributed by atoms with Crippen LogP contribution in [0.5, 0.6) is 0 Å². The van der Waals surface area contributed by atoms with Gasteiger partial charge in [-0.05, 0) is 47.5 Å². The van der Waals surface area contributed by atoms with Crippen molar-refractivity contribution in [2.75, 3.05) is 19.7 Å². The largest absolute Gasteiger partial charge is 0.402 e. The highest BCUT2D eigenvalue weighted by Gasteiger charge is 2.63. The average molecular weight is 441 g/mol. The van der Waals surface area contributed by atoms with Crippen LogP contribution in [-0.2, 0) is 4.79 Å². The Bertz CT molecular complexity index is 909. The SMILES string of the molecule is CC1(C)C2CC(/C=C(\N)c3c(F)cccc3F)=C(N)C(CN(CC(F)F)C(=O)CO)C21. The van der Waals surface area contributed by atoms with Gasteiger partial charge in [-0.25, -0.2) is 17.6 Å². The molecular weight excluding hydrogens is 414 g/mol. The van der Waals surface area contributed by atoms with Crippen LogP contribution < -0.4 is 11.5 Å². The predicted molar refractivity (Wildman–Crippen MR) is 108 cm³/mol. The van der Waals surface area contributed by atoms with Crippen molar-refractivity contribution in [3.63, 3.8) is 0 Å². The molecular formula is C22H27F4N3O2. The third kappa shape index (κ3) is 4.42. The monoisotopic (exact) mass is 441 g/mol. The van der Waals surface area contributed by atoms with Crippen molar-refractivity contribution < 1.29 is 27.5 Å². The van der Waals surface area contributed by atoms with E-state index < -0.39 is 43.0 Å². The standard InChI is InChI=1S/C22H27F4N3O2/c1-22(2)13-6-11(7-16(27)19-14(23)4-3-5-15(19)24)21(28)12(20(13)22)8-29(9-17(25)26)18(31)10-30/h3-5,7,12-13,17,20,30H,6,8-10,27-28H2,1-2H3/b16-7-. The summed E-state index contributed by atoms with van der Waals surface area (Å²) in [5, 5.41) is 9.17. The van der Waals surface area contributed by atoms with Crippen LogP contribution in [0.4, 0.5) is 17.6 Å². The Kier molecular flexibility index (Phi) is 6.36. The highest BCUT2D eigenvalue weighted by Crippen LogP contribution is 2.67. The van der Waals surface area contributed by atoms with E-state index in [2.05, 4.69) is 0 Å². The molecule has 0 aromatic heterocycles. The molecule has 0 aliphatic heterocycles. The number of benzene rings is 1. The topological polar surface area (TPSA) is 92.6 Å². The molecule has 3 atom stereocenters. The van der Waals surface area contributed by atoms with Crippen molar-refractivity contribution in [1.82, 2.24) is 4.90 Å². The summed E-state index contributed by atoms with van der Waals surface area (Å²) in [6.45, 7) is 2.29. The van der Waals surface area contributed by atoms with Gasteiger partial charge in [0.1, 0.15) is 18.2 Å². The van der Waals surface area contributed by atoms with E-state index in [0.29, 0.717) is 17.7 Å². The number of alkyl halides is 2. The predicted octanol–water partition coefficient (Wildman–Crippen LogP) is 2.86. The van der Waals surface area contributed by atoms with Gasteiger partial charge in [-0.1, -0.05) is 19.9 Å². The Morgan fingerprint density at radius 1 is 1.32 bits per heavy atom. The molecule has 3 unspecified atom stereocenters. The maximum Gasteiger partial charge on any atom is 0.255 e. The summed E-state index contributed by atoms with van der Waals surface area (Å²) in [5.74, 6) is -2.64. The Morgan fingerprint density at radius 2 is 1.94 bits per heavy atom. The number of amides is 1. The summed E-state index contributed by atoms with van der Waals surface area (Å²) in [7, 11) is 0. The van der Waals surface area contributed by atoms with Gasteiger partial charge in [-0.15, -0.1) is 0 Å². The summed E-state index contributed by atoms with van der Waals surface area (Å²) in [4.78, 5) is 12.9. The fraction of sp³-hybridized carbons (Fsp3) is 0.500. The lowest BCUT2D eigenvalue weighted by atomic mass is 9.85. The summed E-state index contributed by atoms with van der Waals surface area (Å²) in [5.41, 5.74) is 12.7. The molecule has 170 valence electrons.